The van der Waals surface area contributed by atoms with Gasteiger partial charge in [0.25, 0.3) is 5.91 Å². The van der Waals surface area contributed by atoms with Crippen molar-refractivity contribution >= 4 is 17.5 Å². The van der Waals surface area contributed by atoms with Gasteiger partial charge in [0.15, 0.2) is 0 Å². The van der Waals surface area contributed by atoms with E-state index in [0.717, 1.165) is 31.7 Å². The van der Waals surface area contributed by atoms with Gasteiger partial charge in [-0.2, -0.15) is 13.2 Å². The molecule has 0 spiro atoms. The molecular formula is C20H23F3N4O. The van der Waals surface area contributed by atoms with Crippen molar-refractivity contribution < 1.29 is 18.0 Å². The molecule has 0 bridgehead atoms. The Balaban J connectivity index is 1.79. The summed E-state index contributed by atoms with van der Waals surface area (Å²) in [7, 11) is 0. The summed E-state index contributed by atoms with van der Waals surface area (Å²) in [6.45, 7) is 1.67. The van der Waals surface area contributed by atoms with Crippen LogP contribution in [-0.4, -0.2) is 21.9 Å². The van der Waals surface area contributed by atoms with Crippen molar-refractivity contribution in [1.29, 1.82) is 0 Å². The molecule has 5 nitrogen and oxygen atoms in total. The van der Waals surface area contributed by atoms with E-state index in [1.165, 1.54) is 37.1 Å². The van der Waals surface area contributed by atoms with Crippen LogP contribution >= 0.6 is 0 Å². The molecule has 1 saturated carbocycles. The molecular weight excluding hydrogens is 369 g/mol. The molecule has 3 rings (SSSR count). The number of alkyl halides is 3. The Labute approximate surface area is 161 Å². The number of aromatic nitrogens is 2. The number of nitrogens with one attached hydrogen (secondary N) is 2. The van der Waals surface area contributed by atoms with E-state index in [9.17, 15) is 18.0 Å². The second-order valence-corrected chi connectivity index (χ2v) is 7.05. The van der Waals surface area contributed by atoms with E-state index in [1.54, 1.807) is 6.92 Å². The first-order valence-electron chi connectivity index (χ1n) is 9.43. The van der Waals surface area contributed by atoms with Gasteiger partial charge in [0.1, 0.15) is 5.69 Å². The SMILES string of the molecule is Cc1cc(C(=O)NC2CCCCCC2)nc(Nc2ccccc2C(F)(F)F)n1. The first kappa shape index (κ1) is 20.1. The minimum atomic E-state index is -4.51. The number of halogens is 3. The van der Waals surface area contributed by atoms with Crippen LogP contribution in [0.4, 0.5) is 24.8 Å². The summed E-state index contributed by atoms with van der Waals surface area (Å²) in [6.07, 6.45) is 1.85. The third kappa shape index (κ3) is 5.21. The minimum absolute atomic E-state index is 0.0392. The van der Waals surface area contributed by atoms with E-state index in [2.05, 4.69) is 20.6 Å². The average Bonchev–Trinajstić information content (AvgIpc) is 2.89. The van der Waals surface area contributed by atoms with Gasteiger partial charge < -0.3 is 10.6 Å². The number of carbonyl (C=O) groups is 1. The lowest BCUT2D eigenvalue weighted by atomic mass is 10.1. The van der Waals surface area contributed by atoms with Crippen molar-refractivity contribution in [3.63, 3.8) is 0 Å². The smallest absolute Gasteiger partial charge is 0.348 e. The van der Waals surface area contributed by atoms with Gasteiger partial charge in [-0.25, -0.2) is 9.97 Å². The Bertz CT molecular complexity index is 830. The van der Waals surface area contributed by atoms with Crippen LogP contribution in [0.1, 0.15) is 60.3 Å². The molecule has 1 aromatic carbocycles. The molecule has 150 valence electrons. The Kier molecular flexibility index (Phi) is 6.16. The molecule has 1 heterocycles. The van der Waals surface area contributed by atoms with Gasteiger partial charge in [-0.15, -0.1) is 0 Å². The monoisotopic (exact) mass is 392 g/mol. The fraction of sp³-hybridized carbons (Fsp3) is 0.450. The maximum atomic E-state index is 13.2. The Morgan fingerprint density at radius 1 is 1.07 bits per heavy atom. The summed E-state index contributed by atoms with van der Waals surface area (Å²) in [5, 5.41) is 5.60. The van der Waals surface area contributed by atoms with E-state index in [1.807, 2.05) is 0 Å². The molecule has 1 fully saturated rings. The van der Waals surface area contributed by atoms with Gasteiger partial charge in [0.05, 0.1) is 11.3 Å². The normalized spacial score (nSPS) is 15.7. The van der Waals surface area contributed by atoms with Crippen molar-refractivity contribution in [2.24, 2.45) is 0 Å². The maximum Gasteiger partial charge on any atom is 0.418 e. The highest BCUT2D eigenvalue weighted by Crippen LogP contribution is 2.35. The molecule has 2 aromatic rings. The van der Waals surface area contributed by atoms with E-state index < -0.39 is 11.7 Å². The van der Waals surface area contributed by atoms with Gasteiger partial charge in [-0.05, 0) is 38.0 Å². The maximum absolute atomic E-state index is 13.2. The Morgan fingerprint density at radius 3 is 2.43 bits per heavy atom. The molecule has 8 heteroatoms. The minimum Gasteiger partial charge on any atom is -0.348 e. The summed E-state index contributed by atoms with van der Waals surface area (Å²) in [5.74, 6) is -0.368. The number of carbonyl (C=O) groups excluding carboxylic acids is 1. The van der Waals surface area contributed by atoms with Gasteiger partial charge in [-0.3, -0.25) is 4.79 Å². The largest absolute Gasteiger partial charge is 0.418 e. The van der Waals surface area contributed by atoms with Crippen LogP contribution in [0.3, 0.4) is 0 Å². The summed E-state index contributed by atoms with van der Waals surface area (Å²) >= 11 is 0. The number of benzene rings is 1. The van der Waals surface area contributed by atoms with Crippen LogP contribution in [-0.2, 0) is 6.18 Å². The van der Waals surface area contributed by atoms with Crippen LogP contribution in [0.5, 0.6) is 0 Å². The molecule has 0 radical (unpaired) electrons. The molecule has 0 atom stereocenters. The van der Waals surface area contributed by atoms with Crippen LogP contribution in [0, 0.1) is 6.92 Å². The molecule has 0 unspecified atom stereocenters. The first-order chi connectivity index (χ1) is 13.3. The van der Waals surface area contributed by atoms with Gasteiger partial charge in [0.2, 0.25) is 5.95 Å². The molecule has 0 aliphatic heterocycles. The standard InChI is InChI=1S/C20H23F3N4O/c1-13-12-17(18(28)25-14-8-4-2-3-5-9-14)27-19(24-13)26-16-11-7-6-10-15(16)20(21,22)23/h6-7,10-12,14H,2-5,8-9H2,1H3,(H,25,28)(H,24,26,27). The van der Waals surface area contributed by atoms with E-state index >= 15 is 0 Å². The first-order valence-corrected chi connectivity index (χ1v) is 9.43. The van der Waals surface area contributed by atoms with E-state index in [-0.39, 0.29) is 29.3 Å². The van der Waals surface area contributed by atoms with Gasteiger partial charge >= 0.3 is 6.18 Å². The van der Waals surface area contributed by atoms with E-state index in [4.69, 9.17) is 0 Å². The predicted molar refractivity (Wildman–Crippen MR) is 100 cm³/mol. The highest BCUT2D eigenvalue weighted by molar-refractivity contribution is 5.92. The molecule has 2 N–H and O–H groups in total. The average molecular weight is 392 g/mol. The quantitative estimate of drug-likeness (QED) is 0.719. The molecule has 1 amide bonds. The number of para-hydroxylation sites is 1. The van der Waals surface area contributed by atoms with Crippen molar-refractivity contribution in [1.82, 2.24) is 15.3 Å². The number of aryl methyl sites for hydroxylation is 1. The lowest BCUT2D eigenvalue weighted by Gasteiger charge is -2.17. The number of anilines is 2. The van der Waals surface area contributed by atoms with Crippen molar-refractivity contribution in [3.05, 3.63) is 47.3 Å². The third-order valence-electron chi connectivity index (χ3n) is 4.76. The summed E-state index contributed by atoms with van der Waals surface area (Å²) in [5.41, 5.74) is -0.336. The summed E-state index contributed by atoms with van der Waals surface area (Å²) < 4.78 is 39.6. The molecule has 1 aliphatic rings. The lowest BCUT2D eigenvalue weighted by molar-refractivity contribution is -0.136. The van der Waals surface area contributed by atoms with Crippen molar-refractivity contribution in [3.8, 4) is 0 Å². The Morgan fingerprint density at radius 2 is 1.75 bits per heavy atom. The fourth-order valence-electron chi connectivity index (χ4n) is 3.38. The second kappa shape index (κ2) is 8.58. The number of rotatable bonds is 4. The van der Waals surface area contributed by atoms with Crippen molar-refractivity contribution in [2.75, 3.05) is 5.32 Å². The lowest BCUT2D eigenvalue weighted by Crippen LogP contribution is -2.35. The molecule has 0 saturated heterocycles. The highest BCUT2D eigenvalue weighted by atomic mass is 19.4. The fourth-order valence-corrected chi connectivity index (χ4v) is 3.38. The number of hydrogen-bond donors (Lipinski definition) is 2. The summed E-state index contributed by atoms with van der Waals surface area (Å²) in [6, 6.07) is 6.74. The number of hydrogen-bond acceptors (Lipinski definition) is 4. The topological polar surface area (TPSA) is 66.9 Å². The molecule has 1 aliphatic carbocycles. The van der Waals surface area contributed by atoms with Crippen LogP contribution in [0.2, 0.25) is 0 Å². The zero-order valence-corrected chi connectivity index (χ0v) is 15.6. The van der Waals surface area contributed by atoms with Gasteiger partial charge in [-0.1, -0.05) is 37.8 Å². The predicted octanol–water partition coefficient (Wildman–Crippen LogP) is 5.00. The number of amides is 1. The van der Waals surface area contributed by atoms with E-state index in [0.29, 0.717) is 5.69 Å². The van der Waals surface area contributed by atoms with Gasteiger partial charge in [0, 0.05) is 11.7 Å². The van der Waals surface area contributed by atoms with Crippen LogP contribution < -0.4 is 10.6 Å². The number of nitrogens with zero attached hydrogens (tertiary/aromatic N) is 2. The van der Waals surface area contributed by atoms with Crippen molar-refractivity contribution in [2.45, 2.75) is 57.7 Å². The third-order valence-corrected chi connectivity index (χ3v) is 4.76. The second-order valence-electron chi connectivity index (χ2n) is 7.05. The van der Waals surface area contributed by atoms with Crippen LogP contribution in [0.15, 0.2) is 30.3 Å². The zero-order valence-electron chi connectivity index (χ0n) is 15.6. The molecule has 1 aromatic heterocycles. The zero-order chi connectivity index (χ0) is 20.1. The Hall–Kier alpha value is -2.64. The van der Waals surface area contributed by atoms with Crippen LogP contribution in [0.25, 0.3) is 0 Å². The molecule has 28 heavy (non-hydrogen) atoms. The highest BCUT2D eigenvalue weighted by Gasteiger charge is 2.33. The summed E-state index contributed by atoms with van der Waals surface area (Å²) in [4.78, 5) is 20.9.